The lowest BCUT2D eigenvalue weighted by Gasteiger charge is -2.15. The molecule has 1 saturated carbocycles. The number of hydrogen-bond donors (Lipinski definition) is 2. The number of rotatable bonds is 9. The molecule has 1 amide bonds. The van der Waals surface area contributed by atoms with Crippen molar-refractivity contribution in [3.05, 3.63) is 22.2 Å². The van der Waals surface area contributed by atoms with Gasteiger partial charge in [0.1, 0.15) is 0 Å². The second-order valence-electron chi connectivity index (χ2n) is 5.06. The summed E-state index contributed by atoms with van der Waals surface area (Å²) in [5.74, 6) is 0.923. The maximum absolute atomic E-state index is 10.8. The third-order valence-electron chi connectivity index (χ3n) is 3.14. The number of carbonyl (C=O) groups excluding carboxylic acids is 1. The van der Waals surface area contributed by atoms with Gasteiger partial charge in [0.15, 0.2) is 11.5 Å². The molecule has 2 rings (SSSR count). The first-order valence-corrected chi connectivity index (χ1v) is 7.99. The number of hydrogen-bond acceptors (Lipinski definition) is 4. The number of primary amides is 1. The average molecular weight is 357 g/mol. The highest BCUT2D eigenvalue weighted by atomic mass is 79.9. The Morgan fingerprint density at radius 2 is 2.19 bits per heavy atom. The van der Waals surface area contributed by atoms with Gasteiger partial charge >= 0.3 is 0 Å². The van der Waals surface area contributed by atoms with Gasteiger partial charge in [0.05, 0.1) is 24.1 Å². The van der Waals surface area contributed by atoms with Crippen LogP contribution in [0.3, 0.4) is 0 Å². The van der Waals surface area contributed by atoms with Crippen LogP contribution in [-0.2, 0) is 11.3 Å². The standard InChI is InChI=1S/C15H21BrN2O3/c1-2-20-13-8-10(9-18-11-3-4-11)7-12(16)15(13)21-6-5-14(17)19/h7-8,11,18H,2-6,9H2,1H3,(H2,17,19). The van der Waals surface area contributed by atoms with E-state index in [1.807, 2.05) is 19.1 Å². The van der Waals surface area contributed by atoms with Crippen LogP contribution in [0.2, 0.25) is 0 Å². The maximum atomic E-state index is 10.8. The molecule has 5 nitrogen and oxygen atoms in total. The zero-order valence-corrected chi connectivity index (χ0v) is 13.7. The van der Waals surface area contributed by atoms with Gasteiger partial charge in [0.25, 0.3) is 0 Å². The number of carbonyl (C=O) groups is 1. The fourth-order valence-corrected chi connectivity index (χ4v) is 2.53. The van der Waals surface area contributed by atoms with E-state index in [1.165, 1.54) is 12.8 Å². The van der Waals surface area contributed by atoms with Crippen LogP contribution in [0, 0.1) is 0 Å². The number of benzene rings is 1. The van der Waals surface area contributed by atoms with Crippen molar-refractivity contribution in [3.63, 3.8) is 0 Å². The highest BCUT2D eigenvalue weighted by Gasteiger charge is 2.20. The average Bonchev–Trinajstić information content (AvgIpc) is 3.23. The zero-order chi connectivity index (χ0) is 15.2. The van der Waals surface area contributed by atoms with Gasteiger partial charge in [-0.15, -0.1) is 0 Å². The van der Waals surface area contributed by atoms with Crippen molar-refractivity contribution in [2.75, 3.05) is 13.2 Å². The Morgan fingerprint density at radius 3 is 2.81 bits per heavy atom. The number of nitrogens with two attached hydrogens (primary N) is 1. The summed E-state index contributed by atoms with van der Waals surface area (Å²) in [7, 11) is 0. The quantitative estimate of drug-likeness (QED) is 0.712. The predicted molar refractivity (Wildman–Crippen MR) is 84.5 cm³/mol. The molecule has 0 spiro atoms. The van der Waals surface area contributed by atoms with E-state index in [1.54, 1.807) is 0 Å². The smallest absolute Gasteiger partial charge is 0.220 e. The summed E-state index contributed by atoms with van der Waals surface area (Å²) in [5.41, 5.74) is 6.26. The highest BCUT2D eigenvalue weighted by molar-refractivity contribution is 9.10. The Labute approximate surface area is 133 Å². The summed E-state index contributed by atoms with van der Waals surface area (Å²) in [4.78, 5) is 10.8. The van der Waals surface area contributed by atoms with Gasteiger partial charge in [-0.3, -0.25) is 4.79 Å². The monoisotopic (exact) mass is 356 g/mol. The summed E-state index contributed by atoms with van der Waals surface area (Å²) < 4.78 is 12.1. The Balaban J connectivity index is 2.07. The lowest BCUT2D eigenvalue weighted by molar-refractivity contribution is -0.118. The Kier molecular flexibility index (Phi) is 5.87. The van der Waals surface area contributed by atoms with Gasteiger partial charge in [-0.25, -0.2) is 0 Å². The minimum absolute atomic E-state index is 0.184. The summed E-state index contributed by atoms with van der Waals surface area (Å²) in [6, 6.07) is 4.65. The first-order valence-electron chi connectivity index (χ1n) is 7.20. The molecule has 3 N–H and O–H groups in total. The number of nitrogens with one attached hydrogen (secondary N) is 1. The molecular weight excluding hydrogens is 336 g/mol. The van der Waals surface area contributed by atoms with Crippen molar-refractivity contribution in [1.29, 1.82) is 0 Å². The van der Waals surface area contributed by atoms with Crippen molar-refractivity contribution >= 4 is 21.8 Å². The molecule has 0 aromatic heterocycles. The van der Waals surface area contributed by atoms with Crippen molar-refractivity contribution in [2.45, 2.75) is 38.8 Å². The molecule has 0 radical (unpaired) electrons. The normalized spacial score (nSPS) is 14.0. The second kappa shape index (κ2) is 7.66. The van der Waals surface area contributed by atoms with E-state index in [4.69, 9.17) is 15.2 Å². The SMILES string of the molecule is CCOc1cc(CNC2CC2)cc(Br)c1OCCC(N)=O. The van der Waals surface area contributed by atoms with E-state index in [0.29, 0.717) is 24.1 Å². The molecule has 116 valence electrons. The maximum Gasteiger partial charge on any atom is 0.220 e. The zero-order valence-electron chi connectivity index (χ0n) is 12.2. The highest BCUT2D eigenvalue weighted by Crippen LogP contribution is 2.37. The van der Waals surface area contributed by atoms with Crippen LogP contribution in [0.25, 0.3) is 0 Å². The molecule has 6 heteroatoms. The third-order valence-corrected chi connectivity index (χ3v) is 3.73. The third kappa shape index (κ3) is 5.21. The first-order chi connectivity index (χ1) is 10.1. The Morgan fingerprint density at radius 1 is 1.43 bits per heavy atom. The minimum Gasteiger partial charge on any atom is -0.490 e. The molecule has 1 aliphatic rings. The van der Waals surface area contributed by atoms with Crippen molar-refractivity contribution in [2.24, 2.45) is 5.73 Å². The van der Waals surface area contributed by atoms with Crippen LogP contribution in [0.15, 0.2) is 16.6 Å². The fraction of sp³-hybridized carbons (Fsp3) is 0.533. The minimum atomic E-state index is -0.380. The van der Waals surface area contributed by atoms with Crippen LogP contribution in [0.4, 0.5) is 0 Å². The second-order valence-corrected chi connectivity index (χ2v) is 5.91. The molecule has 1 fully saturated rings. The number of ether oxygens (including phenoxy) is 2. The van der Waals surface area contributed by atoms with E-state index in [9.17, 15) is 4.79 Å². The topological polar surface area (TPSA) is 73.6 Å². The summed E-state index contributed by atoms with van der Waals surface area (Å²) in [6.07, 6.45) is 2.70. The van der Waals surface area contributed by atoms with E-state index in [-0.39, 0.29) is 18.9 Å². The van der Waals surface area contributed by atoms with Crippen LogP contribution >= 0.6 is 15.9 Å². The van der Waals surface area contributed by atoms with Crippen LogP contribution < -0.4 is 20.5 Å². The lowest BCUT2D eigenvalue weighted by Crippen LogP contribution is -2.16. The van der Waals surface area contributed by atoms with Gasteiger partial charge in [-0.1, -0.05) is 0 Å². The summed E-state index contributed by atoms with van der Waals surface area (Å²) in [5, 5.41) is 3.47. The van der Waals surface area contributed by atoms with Gasteiger partial charge in [-0.2, -0.15) is 0 Å². The molecule has 1 aromatic rings. The van der Waals surface area contributed by atoms with E-state index in [2.05, 4.69) is 21.2 Å². The molecule has 0 heterocycles. The molecule has 0 unspecified atom stereocenters. The molecule has 0 atom stereocenters. The first kappa shape index (κ1) is 16.1. The lowest BCUT2D eigenvalue weighted by atomic mass is 10.2. The van der Waals surface area contributed by atoms with Crippen LogP contribution in [0.1, 0.15) is 31.7 Å². The van der Waals surface area contributed by atoms with Crippen LogP contribution in [0.5, 0.6) is 11.5 Å². The molecule has 0 bridgehead atoms. The van der Waals surface area contributed by atoms with Gasteiger partial charge in [0, 0.05) is 12.6 Å². The summed E-state index contributed by atoms with van der Waals surface area (Å²) >= 11 is 3.51. The largest absolute Gasteiger partial charge is 0.490 e. The van der Waals surface area contributed by atoms with E-state index < -0.39 is 0 Å². The Hall–Kier alpha value is -1.27. The molecule has 1 aliphatic carbocycles. The van der Waals surface area contributed by atoms with Crippen LogP contribution in [-0.4, -0.2) is 25.2 Å². The van der Waals surface area contributed by atoms with Gasteiger partial charge in [0.2, 0.25) is 5.91 Å². The molecule has 0 saturated heterocycles. The van der Waals surface area contributed by atoms with Crippen molar-refractivity contribution in [1.82, 2.24) is 5.32 Å². The molecular formula is C15H21BrN2O3. The summed E-state index contributed by atoms with van der Waals surface area (Å²) in [6.45, 7) is 3.53. The van der Waals surface area contributed by atoms with Crippen molar-refractivity contribution in [3.8, 4) is 11.5 Å². The Bertz CT molecular complexity index is 504. The predicted octanol–water partition coefficient (Wildman–Crippen LogP) is 2.35. The number of halogens is 1. The fourth-order valence-electron chi connectivity index (χ4n) is 1.93. The van der Waals surface area contributed by atoms with E-state index >= 15 is 0 Å². The van der Waals surface area contributed by atoms with Crippen molar-refractivity contribution < 1.29 is 14.3 Å². The van der Waals surface area contributed by atoms with Gasteiger partial charge < -0.3 is 20.5 Å². The number of amides is 1. The van der Waals surface area contributed by atoms with E-state index in [0.717, 1.165) is 16.6 Å². The molecule has 0 aliphatic heterocycles. The van der Waals surface area contributed by atoms with Gasteiger partial charge in [-0.05, 0) is 53.4 Å². The molecule has 1 aromatic carbocycles. The molecule has 21 heavy (non-hydrogen) atoms.